The van der Waals surface area contributed by atoms with Gasteiger partial charge in [-0.3, -0.25) is 4.79 Å². The van der Waals surface area contributed by atoms with Crippen molar-refractivity contribution in [1.82, 2.24) is 4.98 Å². The number of halogens is 2. The number of hydrogen-bond acceptors (Lipinski definition) is 6. The van der Waals surface area contributed by atoms with Crippen LogP contribution in [0.2, 0.25) is 0 Å². The molecule has 0 saturated heterocycles. The molecule has 0 unspecified atom stereocenters. The first-order chi connectivity index (χ1) is 13.3. The number of ketones is 1. The Labute approximate surface area is 159 Å². The maximum absolute atomic E-state index is 12.4. The van der Waals surface area contributed by atoms with E-state index in [4.69, 9.17) is 9.47 Å². The average Bonchev–Trinajstić information content (AvgIpc) is 2.94. The van der Waals surface area contributed by atoms with Crippen LogP contribution >= 0.6 is 0 Å². The molecule has 0 radical (unpaired) electrons. The van der Waals surface area contributed by atoms with Crippen molar-refractivity contribution >= 4 is 17.7 Å². The first-order valence-electron chi connectivity index (χ1n) is 8.36. The van der Waals surface area contributed by atoms with Gasteiger partial charge in [-0.15, -0.1) is 0 Å². The van der Waals surface area contributed by atoms with Gasteiger partial charge in [-0.1, -0.05) is 12.1 Å². The molecule has 2 aromatic rings. The number of rotatable bonds is 8. The number of carbonyl (C=O) groups excluding carboxylic acids is 3. The van der Waals surface area contributed by atoms with Crippen LogP contribution < -0.4 is 4.74 Å². The van der Waals surface area contributed by atoms with E-state index in [2.05, 4.69) is 9.72 Å². The van der Waals surface area contributed by atoms with Crippen LogP contribution in [-0.2, 0) is 9.47 Å². The molecule has 0 aliphatic rings. The normalized spacial score (nSPS) is 10.6. The van der Waals surface area contributed by atoms with Gasteiger partial charge in [-0.05, 0) is 38.5 Å². The molecule has 0 aliphatic carbocycles. The number of aromatic nitrogens is 1. The van der Waals surface area contributed by atoms with E-state index in [0.717, 1.165) is 0 Å². The molecule has 150 valence electrons. The van der Waals surface area contributed by atoms with E-state index in [1.165, 1.54) is 24.3 Å². The molecular formula is C19H19F2NO6. The molecule has 0 fully saturated rings. The Morgan fingerprint density at radius 1 is 1.07 bits per heavy atom. The van der Waals surface area contributed by atoms with Crippen LogP contribution in [0.25, 0.3) is 0 Å². The zero-order valence-corrected chi connectivity index (χ0v) is 15.5. The minimum absolute atomic E-state index is 0.102. The quantitative estimate of drug-likeness (QED) is 0.543. The third-order valence-electron chi connectivity index (χ3n) is 3.85. The fourth-order valence-electron chi connectivity index (χ4n) is 2.65. The fraction of sp³-hybridized carbons (Fsp3) is 0.316. The zero-order chi connectivity index (χ0) is 20.8. The van der Waals surface area contributed by atoms with Crippen LogP contribution in [0.15, 0.2) is 24.3 Å². The molecule has 2 rings (SSSR count). The second-order valence-corrected chi connectivity index (χ2v) is 5.72. The molecular weight excluding hydrogens is 376 g/mol. The molecule has 0 bridgehead atoms. The van der Waals surface area contributed by atoms with Crippen LogP contribution in [0.3, 0.4) is 0 Å². The first-order valence-corrected chi connectivity index (χ1v) is 8.36. The lowest BCUT2D eigenvalue weighted by atomic mass is 10.1. The van der Waals surface area contributed by atoms with E-state index in [9.17, 15) is 23.2 Å². The van der Waals surface area contributed by atoms with Gasteiger partial charge >= 0.3 is 18.6 Å². The van der Waals surface area contributed by atoms with E-state index in [0.29, 0.717) is 11.3 Å². The average molecular weight is 395 g/mol. The number of nitrogens with one attached hydrogen (secondary N) is 1. The van der Waals surface area contributed by atoms with E-state index in [1.54, 1.807) is 20.8 Å². The second-order valence-electron chi connectivity index (χ2n) is 5.72. The smallest absolute Gasteiger partial charge is 0.387 e. The van der Waals surface area contributed by atoms with Gasteiger partial charge in [0, 0.05) is 5.69 Å². The minimum Gasteiger partial charge on any atom is -0.462 e. The van der Waals surface area contributed by atoms with Gasteiger partial charge in [0.1, 0.15) is 11.3 Å². The fourth-order valence-corrected chi connectivity index (χ4v) is 2.65. The lowest BCUT2D eigenvalue weighted by Gasteiger charge is -2.10. The number of aromatic amines is 1. The van der Waals surface area contributed by atoms with Gasteiger partial charge in [0.05, 0.1) is 17.9 Å². The number of Topliss-reactive ketones (excluding diaryl/α,β-unsaturated/α-hetero) is 1. The van der Waals surface area contributed by atoms with Gasteiger partial charge in [-0.2, -0.15) is 8.78 Å². The van der Waals surface area contributed by atoms with Crippen molar-refractivity contribution < 1.29 is 37.4 Å². The van der Waals surface area contributed by atoms with Crippen molar-refractivity contribution in [2.45, 2.75) is 27.4 Å². The largest absolute Gasteiger partial charge is 0.462 e. The van der Waals surface area contributed by atoms with Crippen LogP contribution in [-0.4, -0.2) is 42.5 Å². The molecule has 1 heterocycles. The third-order valence-corrected chi connectivity index (χ3v) is 3.85. The predicted molar refractivity (Wildman–Crippen MR) is 93.9 cm³/mol. The highest BCUT2D eigenvalue weighted by Gasteiger charge is 2.24. The van der Waals surface area contributed by atoms with Gasteiger partial charge in [0.15, 0.2) is 6.61 Å². The number of esters is 2. The van der Waals surface area contributed by atoms with Gasteiger partial charge < -0.3 is 19.2 Å². The molecule has 0 spiro atoms. The molecule has 0 aliphatic heterocycles. The molecule has 7 nitrogen and oxygen atoms in total. The van der Waals surface area contributed by atoms with Crippen molar-refractivity contribution in [2.75, 3.05) is 13.2 Å². The SMILES string of the molecule is CCOC(=O)c1c(C)[nH]c(C(=O)COC(=O)c2ccccc2OC(F)F)c1C. The molecule has 28 heavy (non-hydrogen) atoms. The van der Waals surface area contributed by atoms with Crippen LogP contribution in [0.1, 0.15) is 49.4 Å². The van der Waals surface area contributed by atoms with Gasteiger partial charge in [0.25, 0.3) is 0 Å². The highest BCUT2D eigenvalue weighted by molar-refractivity contribution is 6.03. The van der Waals surface area contributed by atoms with Crippen molar-refractivity contribution in [1.29, 1.82) is 0 Å². The summed E-state index contributed by atoms with van der Waals surface area (Å²) >= 11 is 0. The van der Waals surface area contributed by atoms with Crippen molar-refractivity contribution in [3.05, 3.63) is 52.3 Å². The van der Waals surface area contributed by atoms with Crippen LogP contribution in [0.4, 0.5) is 8.78 Å². The third kappa shape index (κ3) is 4.73. The Hall–Kier alpha value is -3.23. The van der Waals surface area contributed by atoms with E-state index in [-0.39, 0.29) is 29.2 Å². The first kappa shape index (κ1) is 21.1. The summed E-state index contributed by atoms with van der Waals surface area (Å²) in [6, 6.07) is 5.30. The lowest BCUT2D eigenvalue weighted by Crippen LogP contribution is -2.17. The maximum Gasteiger partial charge on any atom is 0.387 e. The molecule has 1 aromatic carbocycles. The molecule has 9 heteroatoms. The standard InChI is InChI=1S/C19H19F2NO6/c1-4-26-18(25)15-10(2)16(22-11(15)3)13(23)9-27-17(24)12-7-5-6-8-14(12)28-19(20)21/h5-8,19,22H,4,9H2,1-3H3. The van der Waals surface area contributed by atoms with Crippen molar-refractivity contribution in [3.8, 4) is 5.75 Å². The summed E-state index contributed by atoms with van der Waals surface area (Å²) in [5.41, 5.74) is 0.930. The highest BCUT2D eigenvalue weighted by Crippen LogP contribution is 2.22. The molecule has 0 saturated carbocycles. The summed E-state index contributed by atoms with van der Waals surface area (Å²) in [5, 5.41) is 0. The van der Waals surface area contributed by atoms with Crippen molar-refractivity contribution in [3.63, 3.8) is 0 Å². The number of hydrogen-bond donors (Lipinski definition) is 1. The predicted octanol–water partition coefficient (Wildman–Crippen LogP) is 3.45. The summed E-state index contributed by atoms with van der Waals surface area (Å²) < 4.78 is 39.0. The number of para-hydroxylation sites is 1. The summed E-state index contributed by atoms with van der Waals surface area (Å²) in [4.78, 5) is 39.3. The Morgan fingerprint density at radius 2 is 1.75 bits per heavy atom. The molecule has 0 atom stereocenters. The number of ether oxygens (including phenoxy) is 3. The minimum atomic E-state index is -3.11. The Balaban J connectivity index is 2.12. The maximum atomic E-state index is 12.4. The number of benzene rings is 1. The van der Waals surface area contributed by atoms with Gasteiger partial charge in [-0.25, -0.2) is 9.59 Å². The Kier molecular flexibility index (Phi) is 6.86. The molecule has 0 amide bonds. The zero-order valence-electron chi connectivity index (χ0n) is 15.5. The number of aryl methyl sites for hydroxylation is 1. The number of H-pyrrole nitrogens is 1. The number of carbonyl (C=O) groups is 3. The topological polar surface area (TPSA) is 94.7 Å². The summed E-state index contributed by atoms with van der Waals surface area (Å²) in [6.45, 7) is 1.27. The van der Waals surface area contributed by atoms with E-state index >= 15 is 0 Å². The number of alkyl halides is 2. The second kappa shape index (κ2) is 9.12. The summed E-state index contributed by atoms with van der Waals surface area (Å²) in [7, 11) is 0. The highest BCUT2D eigenvalue weighted by atomic mass is 19.3. The Bertz CT molecular complexity index is 891. The lowest BCUT2D eigenvalue weighted by molar-refractivity contribution is -0.0504. The molecule has 1 aromatic heterocycles. The van der Waals surface area contributed by atoms with E-state index in [1.807, 2.05) is 0 Å². The molecule has 1 N–H and O–H groups in total. The van der Waals surface area contributed by atoms with Crippen LogP contribution in [0, 0.1) is 13.8 Å². The summed E-state index contributed by atoms with van der Waals surface area (Å²) in [5.74, 6) is -2.50. The van der Waals surface area contributed by atoms with Crippen LogP contribution in [0.5, 0.6) is 5.75 Å². The monoisotopic (exact) mass is 395 g/mol. The van der Waals surface area contributed by atoms with Gasteiger partial charge in [0.2, 0.25) is 5.78 Å². The Morgan fingerprint density at radius 3 is 2.39 bits per heavy atom. The van der Waals surface area contributed by atoms with E-state index < -0.39 is 30.9 Å². The summed E-state index contributed by atoms with van der Waals surface area (Å²) in [6.07, 6.45) is 0. The van der Waals surface area contributed by atoms with Crippen molar-refractivity contribution in [2.24, 2.45) is 0 Å².